The van der Waals surface area contributed by atoms with Crippen molar-refractivity contribution in [1.29, 1.82) is 0 Å². The number of nitrogens with one attached hydrogen (secondary N) is 1. The molecular formula is C23H23NO2. The van der Waals surface area contributed by atoms with Gasteiger partial charge >= 0.3 is 0 Å². The number of hydrogen-bond donors (Lipinski definition) is 1. The van der Waals surface area contributed by atoms with E-state index in [1.54, 1.807) is 7.11 Å². The van der Waals surface area contributed by atoms with Gasteiger partial charge in [-0.15, -0.1) is 0 Å². The molecule has 0 aromatic heterocycles. The van der Waals surface area contributed by atoms with Gasteiger partial charge in [0.2, 0.25) is 0 Å². The molecule has 26 heavy (non-hydrogen) atoms. The van der Waals surface area contributed by atoms with Crippen LogP contribution in [0.5, 0.6) is 0 Å². The third-order valence-corrected chi connectivity index (χ3v) is 4.59. The van der Waals surface area contributed by atoms with Gasteiger partial charge in [0.15, 0.2) is 0 Å². The van der Waals surface area contributed by atoms with Crippen LogP contribution < -0.4 is 5.32 Å². The molecule has 3 aromatic rings. The molecule has 0 fully saturated rings. The number of methoxy groups -OCH3 is 1. The molecule has 0 bridgehead atoms. The highest BCUT2D eigenvalue weighted by Crippen LogP contribution is 2.29. The molecule has 0 aliphatic heterocycles. The molecule has 3 aromatic carbocycles. The molecule has 3 rings (SSSR count). The zero-order valence-corrected chi connectivity index (χ0v) is 15.1. The molecule has 0 saturated carbocycles. The van der Waals surface area contributed by atoms with E-state index in [0.717, 1.165) is 16.7 Å². The fourth-order valence-corrected chi connectivity index (χ4v) is 3.07. The van der Waals surface area contributed by atoms with E-state index >= 15 is 0 Å². The van der Waals surface area contributed by atoms with Crippen molar-refractivity contribution in [2.24, 2.45) is 0 Å². The summed E-state index contributed by atoms with van der Waals surface area (Å²) in [5.74, 6) is -0.107. The molecule has 3 nitrogen and oxygen atoms in total. The molecule has 0 aliphatic rings. The molecule has 0 atom stereocenters. The number of carbonyl (C=O) groups is 1. The summed E-state index contributed by atoms with van der Waals surface area (Å²) in [5, 5.41) is 3.22. The largest absolute Gasteiger partial charge is 0.380 e. The van der Waals surface area contributed by atoms with E-state index < -0.39 is 5.54 Å². The third-order valence-electron chi connectivity index (χ3n) is 4.59. The summed E-state index contributed by atoms with van der Waals surface area (Å²) in [4.78, 5) is 12.9. The van der Waals surface area contributed by atoms with Gasteiger partial charge in [0, 0.05) is 12.7 Å². The quantitative estimate of drug-likeness (QED) is 0.713. The van der Waals surface area contributed by atoms with Crippen LogP contribution in [0.3, 0.4) is 0 Å². The van der Waals surface area contributed by atoms with E-state index in [1.807, 2.05) is 91.9 Å². The second-order valence-corrected chi connectivity index (χ2v) is 6.44. The second kappa shape index (κ2) is 7.98. The Morgan fingerprint density at radius 3 is 1.81 bits per heavy atom. The molecular weight excluding hydrogens is 322 g/mol. The van der Waals surface area contributed by atoms with Gasteiger partial charge in [0.05, 0.1) is 12.1 Å². The SMILES string of the molecule is COCc1ccc(C(=O)NC(C)(c2ccccc2)c2ccccc2)cc1. The molecule has 0 spiro atoms. The number of ether oxygens (including phenoxy) is 1. The first-order chi connectivity index (χ1) is 12.6. The lowest BCUT2D eigenvalue weighted by molar-refractivity contribution is 0.0919. The van der Waals surface area contributed by atoms with Gasteiger partial charge in [-0.2, -0.15) is 0 Å². The standard InChI is InChI=1S/C23H23NO2/c1-23(20-9-5-3-6-10-20,21-11-7-4-8-12-21)24-22(25)19-15-13-18(14-16-19)17-26-2/h3-16H,17H2,1-2H3,(H,24,25). The number of amides is 1. The fourth-order valence-electron chi connectivity index (χ4n) is 3.07. The van der Waals surface area contributed by atoms with Crippen molar-refractivity contribution in [2.45, 2.75) is 19.1 Å². The third kappa shape index (κ3) is 3.84. The minimum Gasteiger partial charge on any atom is -0.380 e. The molecule has 1 amide bonds. The van der Waals surface area contributed by atoms with Crippen LogP contribution in [0, 0.1) is 0 Å². The van der Waals surface area contributed by atoms with E-state index in [2.05, 4.69) is 5.32 Å². The van der Waals surface area contributed by atoms with E-state index in [-0.39, 0.29) is 5.91 Å². The zero-order chi connectivity index (χ0) is 18.4. The average molecular weight is 345 g/mol. The molecule has 0 aliphatic carbocycles. The van der Waals surface area contributed by atoms with Crippen LogP contribution in [0.1, 0.15) is 34.0 Å². The molecule has 3 heteroatoms. The highest BCUT2D eigenvalue weighted by Gasteiger charge is 2.30. The van der Waals surface area contributed by atoms with E-state index in [0.29, 0.717) is 12.2 Å². The van der Waals surface area contributed by atoms with Crippen LogP contribution in [0.15, 0.2) is 84.9 Å². The van der Waals surface area contributed by atoms with Gasteiger partial charge in [-0.05, 0) is 35.7 Å². The van der Waals surface area contributed by atoms with Gasteiger partial charge in [-0.1, -0.05) is 72.8 Å². The Hall–Kier alpha value is -2.91. The maximum Gasteiger partial charge on any atom is 0.252 e. The van der Waals surface area contributed by atoms with E-state index in [1.165, 1.54) is 0 Å². The second-order valence-electron chi connectivity index (χ2n) is 6.44. The van der Waals surface area contributed by atoms with E-state index in [4.69, 9.17) is 4.74 Å². The zero-order valence-electron chi connectivity index (χ0n) is 15.1. The Morgan fingerprint density at radius 1 is 0.846 bits per heavy atom. The molecule has 0 heterocycles. The lowest BCUT2D eigenvalue weighted by Gasteiger charge is -2.32. The highest BCUT2D eigenvalue weighted by atomic mass is 16.5. The van der Waals surface area contributed by atoms with Crippen LogP contribution in [-0.4, -0.2) is 13.0 Å². The van der Waals surface area contributed by atoms with E-state index in [9.17, 15) is 4.79 Å². The molecule has 0 saturated heterocycles. The first kappa shape index (κ1) is 17.9. The number of rotatable bonds is 6. The monoisotopic (exact) mass is 345 g/mol. The van der Waals surface area contributed by atoms with Crippen LogP contribution in [0.25, 0.3) is 0 Å². The first-order valence-corrected chi connectivity index (χ1v) is 8.65. The van der Waals surface area contributed by atoms with Gasteiger partial charge < -0.3 is 10.1 Å². The fraction of sp³-hybridized carbons (Fsp3) is 0.174. The van der Waals surface area contributed by atoms with Crippen LogP contribution >= 0.6 is 0 Å². The molecule has 0 unspecified atom stereocenters. The molecule has 0 radical (unpaired) electrons. The lowest BCUT2D eigenvalue weighted by Crippen LogP contribution is -2.44. The predicted molar refractivity (Wildman–Crippen MR) is 104 cm³/mol. The van der Waals surface area contributed by atoms with Gasteiger partial charge in [-0.3, -0.25) is 4.79 Å². The Bertz CT molecular complexity index is 803. The minimum absolute atomic E-state index is 0.107. The lowest BCUT2D eigenvalue weighted by atomic mass is 9.84. The maximum absolute atomic E-state index is 12.9. The van der Waals surface area contributed by atoms with Crippen molar-refractivity contribution in [2.75, 3.05) is 7.11 Å². The Labute approximate surface area is 154 Å². The minimum atomic E-state index is -0.620. The predicted octanol–water partition coefficient (Wildman–Crippen LogP) is 4.53. The topological polar surface area (TPSA) is 38.3 Å². The number of benzene rings is 3. The summed E-state index contributed by atoms with van der Waals surface area (Å²) < 4.78 is 5.12. The average Bonchev–Trinajstić information content (AvgIpc) is 2.70. The van der Waals surface area contributed by atoms with Crippen LogP contribution in [0.4, 0.5) is 0 Å². The maximum atomic E-state index is 12.9. The molecule has 1 N–H and O–H groups in total. The summed E-state index contributed by atoms with van der Waals surface area (Å²) in [6.45, 7) is 2.57. The Balaban J connectivity index is 1.92. The Morgan fingerprint density at radius 2 is 1.35 bits per heavy atom. The number of hydrogen-bond acceptors (Lipinski definition) is 2. The molecule has 132 valence electrons. The van der Waals surface area contributed by atoms with Crippen LogP contribution in [-0.2, 0) is 16.9 Å². The normalized spacial score (nSPS) is 11.2. The van der Waals surface area contributed by atoms with Crippen molar-refractivity contribution < 1.29 is 9.53 Å². The number of carbonyl (C=O) groups excluding carboxylic acids is 1. The smallest absolute Gasteiger partial charge is 0.252 e. The summed E-state index contributed by atoms with van der Waals surface area (Å²) >= 11 is 0. The van der Waals surface area contributed by atoms with Crippen molar-refractivity contribution >= 4 is 5.91 Å². The Kier molecular flexibility index (Phi) is 5.49. The van der Waals surface area contributed by atoms with Crippen molar-refractivity contribution in [3.05, 3.63) is 107 Å². The summed E-state index contributed by atoms with van der Waals surface area (Å²) in [6.07, 6.45) is 0. The van der Waals surface area contributed by atoms with Crippen molar-refractivity contribution in [3.8, 4) is 0 Å². The summed E-state index contributed by atoms with van der Waals surface area (Å²) in [5.41, 5.74) is 3.12. The summed E-state index contributed by atoms with van der Waals surface area (Å²) in [6, 6.07) is 27.6. The summed E-state index contributed by atoms with van der Waals surface area (Å²) in [7, 11) is 1.66. The highest BCUT2D eigenvalue weighted by molar-refractivity contribution is 5.95. The first-order valence-electron chi connectivity index (χ1n) is 8.65. The van der Waals surface area contributed by atoms with Crippen LogP contribution in [0.2, 0.25) is 0 Å². The van der Waals surface area contributed by atoms with Crippen molar-refractivity contribution in [3.63, 3.8) is 0 Å². The van der Waals surface area contributed by atoms with Gasteiger partial charge in [0.1, 0.15) is 0 Å². The van der Waals surface area contributed by atoms with Gasteiger partial charge in [-0.25, -0.2) is 0 Å². The van der Waals surface area contributed by atoms with Gasteiger partial charge in [0.25, 0.3) is 5.91 Å². The van der Waals surface area contributed by atoms with Crippen molar-refractivity contribution in [1.82, 2.24) is 5.32 Å².